The van der Waals surface area contributed by atoms with Crippen LogP contribution in [-0.4, -0.2) is 22.0 Å². The molecular weight excluding hydrogens is 216 g/mol. The first kappa shape index (κ1) is 11.6. The molecule has 0 saturated heterocycles. The average Bonchev–Trinajstić information content (AvgIpc) is 2.66. The first-order valence-electron chi connectivity index (χ1n) is 4.33. The zero-order valence-electron chi connectivity index (χ0n) is 8.48. The number of aromatic nitrogens is 1. The second-order valence-electron chi connectivity index (χ2n) is 3.58. The van der Waals surface area contributed by atoms with E-state index in [2.05, 4.69) is 10.3 Å². The Balaban J connectivity index is 2.53. The smallest absolute Gasteiger partial charge is 0.318 e. The molecule has 0 spiro atoms. The van der Waals surface area contributed by atoms with Gasteiger partial charge in [-0.15, -0.1) is 11.3 Å². The van der Waals surface area contributed by atoms with Crippen molar-refractivity contribution in [1.29, 1.82) is 0 Å². The predicted molar refractivity (Wildman–Crippen MR) is 55.4 cm³/mol. The summed E-state index contributed by atoms with van der Waals surface area (Å²) in [5.41, 5.74) is 0.258. The summed E-state index contributed by atoms with van der Waals surface area (Å²) < 4.78 is 0. The Morgan fingerprint density at radius 2 is 2.27 bits per heavy atom. The van der Waals surface area contributed by atoms with Crippen LogP contribution in [0.4, 0.5) is 0 Å². The van der Waals surface area contributed by atoms with Gasteiger partial charge in [-0.05, 0) is 13.8 Å². The van der Waals surface area contributed by atoms with Gasteiger partial charge in [0.05, 0.1) is 12.1 Å². The average molecular weight is 228 g/mol. The van der Waals surface area contributed by atoms with Crippen LogP contribution in [-0.2, 0) is 16.1 Å². The molecule has 1 amide bonds. The Hall–Kier alpha value is -1.43. The van der Waals surface area contributed by atoms with Gasteiger partial charge in [0.1, 0.15) is 5.41 Å². The topological polar surface area (TPSA) is 79.3 Å². The number of carbonyl (C=O) groups is 2. The highest BCUT2D eigenvalue weighted by Crippen LogP contribution is 2.15. The number of carbonyl (C=O) groups excluding carboxylic acids is 1. The molecule has 82 valence electrons. The molecule has 1 rings (SSSR count). The molecule has 5 nitrogen and oxygen atoms in total. The van der Waals surface area contributed by atoms with Gasteiger partial charge in [-0.25, -0.2) is 0 Å². The van der Waals surface area contributed by atoms with E-state index in [1.54, 1.807) is 11.7 Å². The maximum absolute atomic E-state index is 11.5. The number of rotatable bonds is 4. The lowest BCUT2D eigenvalue weighted by molar-refractivity contribution is -0.153. The Labute approximate surface area is 91.1 Å². The van der Waals surface area contributed by atoms with Crippen molar-refractivity contribution in [2.24, 2.45) is 5.41 Å². The van der Waals surface area contributed by atoms with Crippen LogP contribution in [0.3, 0.4) is 0 Å². The van der Waals surface area contributed by atoms with Gasteiger partial charge < -0.3 is 10.4 Å². The molecule has 0 aromatic carbocycles. The van der Waals surface area contributed by atoms with E-state index in [1.165, 1.54) is 25.2 Å². The van der Waals surface area contributed by atoms with Crippen molar-refractivity contribution in [3.63, 3.8) is 0 Å². The van der Waals surface area contributed by atoms with Crippen LogP contribution >= 0.6 is 11.3 Å². The highest BCUT2D eigenvalue weighted by Gasteiger charge is 2.35. The lowest BCUT2D eigenvalue weighted by Gasteiger charge is -2.17. The molecule has 1 heterocycles. The van der Waals surface area contributed by atoms with Crippen molar-refractivity contribution in [2.45, 2.75) is 20.4 Å². The molecule has 1 aromatic rings. The second kappa shape index (κ2) is 4.39. The number of carboxylic acids is 1. The number of amides is 1. The minimum Gasteiger partial charge on any atom is -0.480 e. The minimum absolute atomic E-state index is 0.320. The monoisotopic (exact) mass is 228 g/mol. The van der Waals surface area contributed by atoms with E-state index in [1.807, 2.05) is 0 Å². The van der Waals surface area contributed by atoms with Crippen molar-refractivity contribution in [1.82, 2.24) is 10.3 Å². The maximum atomic E-state index is 11.5. The molecule has 1 aromatic heterocycles. The van der Waals surface area contributed by atoms with Crippen molar-refractivity contribution < 1.29 is 14.7 Å². The summed E-state index contributed by atoms with van der Waals surface area (Å²) in [7, 11) is 0. The molecule has 0 aliphatic rings. The van der Waals surface area contributed by atoms with Crippen LogP contribution in [0, 0.1) is 5.41 Å². The molecule has 0 bridgehead atoms. The van der Waals surface area contributed by atoms with E-state index in [0.29, 0.717) is 6.54 Å². The highest BCUT2D eigenvalue weighted by molar-refractivity contribution is 7.09. The zero-order chi connectivity index (χ0) is 11.5. The van der Waals surface area contributed by atoms with Crippen molar-refractivity contribution in [3.05, 3.63) is 16.6 Å². The molecule has 0 fully saturated rings. The van der Waals surface area contributed by atoms with Crippen molar-refractivity contribution in [3.8, 4) is 0 Å². The third-order valence-corrected chi connectivity index (χ3v) is 2.79. The van der Waals surface area contributed by atoms with Crippen molar-refractivity contribution >= 4 is 23.2 Å². The summed E-state index contributed by atoms with van der Waals surface area (Å²) in [6.45, 7) is 3.06. The van der Waals surface area contributed by atoms with E-state index in [4.69, 9.17) is 5.11 Å². The molecule has 0 atom stereocenters. The number of hydrogen-bond acceptors (Lipinski definition) is 4. The quantitative estimate of drug-likeness (QED) is 0.749. The fourth-order valence-corrected chi connectivity index (χ4v) is 1.35. The number of nitrogens with one attached hydrogen (secondary N) is 1. The fraction of sp³-hybridized carbons (Fsp3) is 0.444. The summed E-state index contributed by atoms with van der Waals surface area (Å²) in [5, 5.41) is 11.4. The van der Waals surface area contributed by atoms with Gasteiger partial charge in [0, 0.05) is 11.1 Å². The van der Waals surface area contributed by atoms with E-state index in [-0.39, 0.29) is 0 Å². The molecule has 0 saturated carbocycles. The summed E-state index contributed by atoms with van der Waals surface area (Å²) in [6.07, 6.45) is 1.64. The number of nitrogens with zero attached hydrogens (tertiary/aromatic N) is 1. The van der Waals surface area contributed by atoms with Gasteiger partial charge in [-0.2, -0.15) is 0 Å². The van der Waals surface area contributed by atoms with Crippen LogP contribution in [0.15, 0.2) is 11.7 Å². The Morgan fingerprint density at radius 3 is 2.73 bits per heavy atom. The van der Waals surface area contributed by atoms with Gasteiger partial charge in [0.2, 0.25) is 5.91 Å². The van der Waals surface area contributed by atoms with E-state index in [0.717, 1.165) is 4.88 Å². The fourth-order valence-electron chi connectivity index (χ4n) is 0.815. The van der Waals surface area contributed by atoms with Gasteiger partial charge in [-0.1, -0.05) is 0 Å². The lowest BCUT2D eigenvalue weighted by Crippen LogP contribution is -2.41. The Kier molecular flexibility index (Phi) is 3.41. The zero-order valence-corrected chi connectivity index (χ0v) is 9.30. The van der Waals surface area contributed by atoms with Crippen LogP contribution < -0.4 is 5.32 Å². The molecule has 0 unspecified atom stereocenters. The number of thiazole rings is 1. The van der Waals surface area contributed by atoms with Crippen LogP contribution in [0.1, 0.15) is 18.7 Å². The van der Waals surface area contributed by atoms with Crippen LogP contribution in [0.2, 0.25) is 0 Å². The predicted octanol–water partition coefficient (Wildman–Crippen LogP) is 0.870. The van der Waals surface area contributed by atoms with Crippen LogP contribution in [0.5, 0.6) is 0 Å². The van der Waals surface area contributed by atoms with Gasteiger partial charge in [-0.3, -0.25) is 14.6 Å². The SMILES string of the molecule is CC(C)(C(=O)O)C(=O)NCc1cncs1. The molecule has 6 heteroatoms. The minimum atomic E-state index is -1.40. The standard InChI is InChI=1S/C9H12N2O3S/c1-9(2,8(13)14)7(12)11-4-6-3-10-5-15-6/h3,5H,4H2,1-2H3,(H,11,12)(H,13,14). The first-order valence-corrected chi connectivity index (χ1v) is 5.21. The summed E-state index contributed by atoms with van der Waals surface area (Å²) >= 11 is 1.41. The number of carboxylic acid groups (broad SMARTS) is 1. The van der Waals surface area contributed by atoms with Crippen LogP contribution in [0.25, 0.3) is 0 Å². The second-order valence-corrected chi connectivity index (χ2v) is 4.55. The van der Waals surface area contributed by atoms with Gasteiger partial charge in [0.15, 0.2) is 0 Å². The maximum Gasteiger partial charge on any atom is 0.318 e. The largest absolute Gasteiger partial charge is 0.480 e. The normalized spacial score (nSPS) is 11.1. The Bertz CT molecular complexity index is 359. The van der Waals surface area contributed by atoms with E-state index in [9.17, 15) is 9.59 Å². The summed E-state index contributed by atoms with van der Waals surface area (Å²) in [6, 6.07) is 0. The van der Waals surface area contributed by atoms with E-state index >= 15 is 0 Å². The summed E-state index contributed by atoms with van der Waals surface area (Å²) in [4.78, 5) is 27.0. The molecule has 0 aliphatic heterocycles. The third-order valence-electron chi connectivity index (χ3n) is 2.01. The lowest BCUT2D eigenvalue weighted by atomic mass is 9.93. The molecule has 0 radical (unpaired) electrons. The van der Waals surface area contributed by atoms with Gasteiger partial charge >= 0.3 is 5.97 Å². The molecule has 0 aliphatic carbocycles. The Morgan fingerprint density at radius 1 is 1.60 bits per heavy atom. The highest BCUT2D eigenvalue weighted by atomic mass is 32.1. The van der Waals surface area contributed by atoms with E-state index < -0.39 is 17.3 Å². The molecular formula is C9H12N2O3S. The third kappa shape index (κ3) is 2.76. The number of hydrogen-bond donors (Lipinski definition) is 2. The first-order chi connectivity index (χ1) is 6.94. The molecule has 15 heavy (non-hydrogen) atoms. The van der Waals surface area contributed by atoms with Gasteiger partial charge in [0.25, 0.3) is 0 Å². The molecule has 2 N–H and O–H groups in total. The summed E-state index contributed by atoms with van der Waals surface area (Å²) in [5.74, 6) is -1.63. The van der Waals surface area contributed by atoms with Crippen molar-refractivity contribution in [2.75, 3.05) is 0 Å². The number of aliphatic carboxylic acids is 1.